The second-order valence-electron chi connectivity index (χ2n) is 5.14. The number of aryl methyl sites for hydroxylation is 1. The molecule has 8 heteroatoms. The van der Waals surface area contributed by atoms with Gasteiger partial charge in [0.05, 0.1) is 5.69 Å². The number of benzene rings is 1. The van der Waals surface area contributed by atoms with Crippen LogP contribution >= 0.6 is 11.3 Å². The van der Waals surface area contributed by atoms with E-state index in [-0.39, 0.29) is 18.0 Å². The Morgan fingerprint density at radius 2 is 2.00 bits per heavy atom. The zero-order valence-electron chi connectivity index (χ0n) is 13.3. The minimum absolute atomic E-state index is 0.0385. The maximum atomic E-state index is 13.7. The zero-order valence-corrected chi connectivity index (χ0v) is 14.1. The molecule has 0 aliphatic rings. The van der Waals surface area contributed by atoms with Crippen LogP contribution in [0.4, 0.5) is 8.78 Å². The van der Waals surface area contributed by atoms with Gasteiger partial charge in [0.15, 0.2) is 10.8 Å². The molecule has 1 N–H and O–H groups in total. The molecule has 3 aromatic rings. The van der Waals surface area contributed by atoms with Crippen LogP contribution in [0.2, 0.25) is 0 Å². The molecule has 0 unspecified atom stereocenters. The number of hydrogen-bond donors (Lipinski definition) is 1. The molecular weight excluding hydrogens is 346 g/mol. The van der Waals surface area contributed by atoms with Crippen LogP contribution in [0.25, 0.3) is 10.8 Å². The third-order valence-corrected chi connectivity index (χ3v) is 4.54. The molecule has 1 amide bonds. The first-order valence-corrected chi connectivity index (χ1v) is 8.39. The number of amides is 1. The monoisotopic (exact) mass is 360 g/mol. The molecule has 0 radical (unpaired) electrons. The van der Waals surface area contributed by atoms with E-state index in [1.807, 2.05) is 6.92 Å². The van der Waals surface area contributed by atoms with E-state index in [4.69, 9.17) is 0 Å². The van der Waals surface area contributed by atoms with Crippen LogP contribution in [0, 0.1) is 11.6 Å². The zero-order chi connectivity index (χ0) is 17.8. The lowest BCUT2D eigenvalue weighted by Gasteiger charge is -2.06. The highest BCUT2D eigenvalue weighted by Crippen LogP contribution is 2.26. The van der Waals surface area contributed by atoms with E-state index >= 15 is 0 Å². The summed E-state index contributed by atoms with van der Waals surface area (Å²) in [6.45, 7) is 1.85. The highest BCUT2D eigenvalue weighted by Gasteiger charge is 2.19. The lowest BCUT2D eigenvalue weighted by Crippen LogP contribution is -2.23. The Kier molecular flexibility index (Phi) is 5.08. The number of halogens is 2. The molecule has 2 aromatic heterocycles. The van der Waals surface area contributed by atoms with E-state index in [0.717, 1.165) is 12.1 Å². The average Bonchev–Trinajstić information content (AvgIpc) is 3.06. The molecule has 3 rings (SSSR count). The smallest absolute Gasteiger partial charge is 0.263 e. The van der Waals surface area contributed by atoms with Gasteiger partial charge in [-0.2, -0.15) is 0 Å². The van der Waals surface area contributed by atoms with E-state index in [1.54, 1.807) is 18.5 Å². The van der Waals surface area contributed by atoms with Crippen molar-refractivity contribution >= 4 is 17.2 Å². The van der Waals surface area contributed by atoms with Gasteiger partial charge in [-0.3, -0.25) is 4.79 Å². The van der Waals surface area contributed by atoms with Gasteiger partial charge in [0.2, 0.25) is 0 Å². The fraction of sp³-hybridized carbons (Fsp3) is 0.176. The van der Waals surface area contributed by atoms with Crippen molar-refractivity contribution in [2.45, 2.75) is 19.9 Å². The van der Waals surface area contributed by atoms with Gasteiger partial charge in [-0.15, -0.1) is 11.3 Å². The van der Waals surface area contributed by atoms with Gasteiger partial charge < -0.3 is 5.32 Å². The number of nitrogens with one attached hydrogen (secondary N) is 1. The van der Waals surface area contributed by atoms with Crippen molar-refractivity contribution in [1.82, 2.24) is 20.3 Å². The van der Waals surface area contributed by atoms with Crippen molar-refractivity contribution in [1.29, 1.82) is 0 Å². The number of carbonyl (C=O) groups excluding carboxylic acids is 1. The highest BCUT2D eigenvalue weighted by atomic mass is 32.1. The number of nitrogens with zero attached hydrogens (tertiary/aromatic N) is 3. The first kappa shape index (κ1) is 17.1. The number of rotatable bonds is 5. The molecule has 128 valence electrons. The summed E-state index contributed by atoms with van der Waals surface area (Å²) in [4.78, 5) is 25.6. The van der Waals surface area contributed by atoms with Gasteiger partial charge in [0, 0.05) is 30.6 Å². The van der Waals surface area contributed by atoms with Gasteiger partial charge in [-0.1, -0.05) is 13.0 Å². The summed E-state index contributed by atoms with van der Waals surface area (Å²) in [5.74, 6) is -1.26. The molecular formula is C17H14F2N4OS. The molecule has 0 fully saturated rings. The molecule has 0 saturated carbocycles. The molecule has 25 heavy (non-hydrogen) atoms. The van der Waals surface area contributed by atoms with E-state index in [2.05, 4.69) is 20.3 Å². The van der Waals surface area contributed by atoms with Crippen LogP contribution in [0.5, 0.6) is 0 Å². The normalized spacial score (nSPS) is 10.7. The topological polar surface area (TPSA) is 67.8 Å². The third-order valence-electron chi connectivity index (χ3n) is 3.45. The Morgan fingerprint density at radius 3 is 2.68 bits per heavy atom. The molecule has 0 bridgehead atoms. The quantitative estimate of drug-likeness (QED) is 0.757. The Labute approximate surface area is 146 Å². The molecule has 2 heterocycles. The Morgan fingerprint density at radius 1 is 1.24 bits per heavy atom. The van der Waals surface area contributed by atoms with E-state index in [1.165, 1.54) is 17.4 Å². The maximum absolute atomic E-state index is 13.7. The average molecular weight is 360 g/mol. The SMILES string of the molecule is CCc1nc(-c2ncccn2)sc1C(=O)NCc1ccc(F)cc1F. The van der Waals surface area contributed by atoms with Crippen molar-refractivity contribution < 1.29 is 13.6 Å². The maximum Gasteiger partial charge on any atom is 0.263 e. The summed E-state index contributed by atoms with van der Waals surface area (Å²) in [5.41, 5.74) is 0.841. The van der Waals surface area contributed by atoms with Gasteiger partial charge in [-0.25, -0.2) is 23.7 Å². The molecule has 5 nitrogen and oxygen atoms in total. The number of hydrogen-bond acceptors (Lipinski definition) is 5. The van der Waals surface area contributed by atoms with E-state index in [0.29, 0.717) is 27.8 Å². The Balaban J connectivity index is 1.78. The number of thiazole rings is 1. The van der Waals surface area contributed by atoms with Crippen molar-refractivity contribution in [2.75, 3.05) is 0 Å². The summed E-state index contributed by atoms with van der Waals surface area (Å²) in [7, 11) is 0. The molecule has 0 aliphatic heterocycles. The van der Waals surface area contributed by atoms with E-state index in [9.17, 15) is 13.6 Å². The fourth-order valence-corrected chi connectivity index (χ4v) is 3.21. The van der Waals surface area contributed by atoms with Crippen LogP contribution in [-0.4, -0.2) is 20.9 Å². The molecule has 0 spiro atoms. The molecule has 0 saturated heterocycles. The summed E-state index contributed by atoms with van der Waals surface area (Å²) < 4.78 is 26.6. The van der Waals surface area contributed by atoms with Crippen LogP contribution in [0.15, 0.2) is 36.7 Å². The first-order valence-electron chi connectivity index (χ1n) is 7.57. The van der Waals surface area contributed by atoms with Crippen LogP contribution in [0.1, 0.15) is 27.9 Å². The highest BCUT2D eigenvalue weighted by molar-refractivity contribution is 7.17. The Hall–Kier alpha value is -2.74. The lowest BCUT2D eigenvalue weighted by molar-refractivity contribution is 0.0953. The van der Waals surface area contributed by atoms with Gasteiger partial charge >= 0.3 is 0 Å². The van der Waals surface area contributed by atoms with Crippen LogP contribution in [0.3, 0.4) is 0 Å². The summed E-state index contributed by atoms with van der Waals surface area (Å²) in [6.07, 6.45) is 3.77. The summed E-state index contributed by atoms with van der Waals surface area (Å²) >= 11 is 1.19. The van der Waals surface area contributed by atoms with Crippen molar-refractivity contribution in [3.63, 3.8) is 0 Å². The predicted molar refractivity (Wildman–Crippen MR) is 90.0 cm³/mol. The second kappa shape index (κ2) is 7.43. The fourth-order valence-electron chi connectivity index (χ4n) is 2.19. The van der Waals surface area contributed by atoms with E-state index < -0.39 is 11.6 Å². The van der Waals surface area contributed by atoms with Gasteiger partial charge in [0.25, 0.3) is 5.91 Å². The first-order chi connectivity index (χ1) is 12.1. The van der Waals surface area contributed by atoms with Crippen molar-refractivity contribution in [3.05, 3.63) is 64.4 Å². The minimum Gasteiger partial charge on any atom is -0.347 e. The lowest BCUT2D eigenvalue weighted by atomic mass is 10.2. The Bertz CT molecular complexity index is 899. The van der Waals surface area contributed by atoms with Gasteiger partial charge in [-0.05, 0) is 18.6 Å². The van der Waals surface area contributed by atoms with Crippen molar-refractivity contribution in [3.8, 4) is 10.8 Å². The number of aromatic nitrogens is 3. The van der Waals surface area contributed by atoms with Crippen LogP contribution < -0.4 is 5.32 Å². The van der Waals surface area contributed by atoms with Gasteiger partial charge in [0.1, 0.15) is 16.5 Å². The molecule has 1 aromatic carbocycles. The largest absolute Gasteiger partial charge is 0.347 e. The van der Waals surface area contributed by atoms with Crippen molar-refractivity contribution in [2.24, 2.45) is 0 Å². The molecule has 0 aliphatic carbocycles. The van der Waals surface area contributed by atoms with Crippen LogP contribution in [-0.2, 0) is 13.0 Å². The predicted octanol–water partition coefficient (Wildman–Crippen LogP) is 3.37. The summed E-state index contributed by atoms with van der Waals surface area (Å²) in [5, 5.41) is 3.19. The number of carbonyl (C=O) groups is 1. The second-order valence-corrected chi connectivity index (χ2v) is 6.14. The standard InChI is InChI=1S/C17H14F2N4OS/c1-2-13-14(25-17(23-13)15-20-6-3-7-21-15)16(24)22-9-10-4-5-11(18)8-12(10)19/h3-8H,2,9H2,1H3,(H,22,24). The third kappa shape index (κ3) is 3.85. The minimum atomic E-state index is -0.696. The molecule has 0 atom stereocenters. The summed E-state index contributed by atoms with van der Waals surface area (Å²) in [6, 6.07) is 4.94.